The zero-order valence-electron chi connectivity index (χ0n) is 19.2. The van der Waals surface area contributed by atoms with Crippen LogP contribution in [0, 0.1) is 0 Å². The fourth-order valence-electron chi connectivity index (χ4n) is 4.38. The lowest BCUT2D eigenvalue weighted by atomic mass is 10.0. The van der Waals surface area contributed by atoms with Gasteiger partial charge in [0, 0.05) is 23.7 Å². The molecule has 9 heteroatoms. The number of carbonyl (C=O) groups excluding carboxylic acids is 3. The Bertz CT molecular complexity index is 1570. The summed E-state index contributed by atoms with van der Waals surface area (Å²) in [6, 6.07) is 12.7. The molecule has 0 bridgehead atoms. The molecule has 0 aliphatic carbocycles. The topological polar surface area (TPSA) is 106 Å². The zero-order valence-corrected chi connectivity index (χ0v) is 20.0. The molecular formula is C26H22N2O6S. The van der Waals surface area contributed by atoms with Crippen molar-refractivity contribution in [1.29, 1.82) is 0 Å². The first kappa shape index (κ1) is 22.8. The molecule has 0 radical (unpaired) electrons. The van der Waals surface area contributed by atoms with Crippen LogP contribution in [0.4, 0.5) is 5.00 Å². The summed E-state index contributed by atoms with van der Waals surface area (Å²) >= 11 is 1.21. The Balaban J connectivity index is 1.56. The maximum absolute atomic E-state index is 13.3. The highest BCUT2D eigenvalue weighted by Gasteiger charge is 2.31. The maximum atomic E-state index is 13.3. The van der Waals surface area contributed by atoms with Crippen molar-refractivity contribution in [1.82, 2.24) is 4.90 Å². The molecule has 2 aromatic carbocycles. The average Bonchev–Trinajstić information content (AvgIpc) is 3.20. The standard InChI is InChI=1S/C26H22N2O6S/c1-3-33-26(32)22-17-10-11-28(14(2)29)13-21(17)35-24(22)27-23(30)19-12-18-16-7-5-4-6-15(16)8-9-20(18)34-25(19)31/h4-9,12H,3,10-11,13H2,1-2H3,(H,27,30). The summed E-state index contributed by atoms with van der Waals surface area (Å²) < 4.78 is 10.7. The van der Waals surface area contributed by atoms with E-state index in [-0.39, 0.29) is 23.6 Å². The minimum atomic E-state index is -0.771. The number of rotatable bonds is 4. The maximum Gasteiger partial charge on any atom is 0.349 e. The van der Waals surface area contributed by atoms with Crippen LogP contribution in [0.25, 0.3) is 21.7 Å². The number of hydrogen-bond acceptors (Lipinski definition) is 7. The van der Waals surface area contributed by atoms with Crippen LogP contribution in [0.5, 0.6) is 0 Å². The monoisotopic (exact) mass is 490 g/mol. The molecule has 0 atom stereocenters. The third-order valence-electron chi connectivity index (χ3n) is 6.10. The summed E-state index contributed by atoms with van der Waals surface area (Å²) in [5, 5.41) is 5.47. The number of esters is 1. The molecule has 35 heavy (non-hydrogen) atoms. The summed E-state index contributed by atoms with van der Waals surface area (Å²) in [5.74, 6) is -1.29. The van der Waals surface area contributed by atoms with Gasteiger partial charge in [-0.25, -0.2) is 9.59 Å². The van der Waals surface area contributed by atoms with E-state index in [1.165, 1.54) is 24.3 Å². The van der Waals surface area contributed by atoms with Gasteiger partial charge >= 0.3 is 11.6 Å². The average molecular weight is 491 g/mol. The van der Waals surface area contributed by atoms with Gasteiger partial charge in [0.05, 0.1) is 18.7 Å². The smallest absolute Gasteiger partial charge is 0.349 e. The van der Waals surface area contributed by atoms with Crippen molar-refractivity contribution in [3.8, 4) is 0 Å². The Morgan fingerprint density at radius 3 is 2.71 bits per heavy atom. The number of ether oxygens (including phenoxy) is 1. The molecule has 178 valence electrons. The lowest BCUT2D eigenvalue weighted by Crippen LogP contribution is -2.34. The van der Waals surface area contributed by atoms with Crippen LogP contribution < -0.4 is 10.9 Å². The van der Waals surface area contributed by atoms with Gasteiger partial charge < -0.3 is 19.4 Å². The molecule has 1 aliphatic heterocycles. The van der Waals surface area contributed by atoms with Crippen molar-refractivity contribution >= 4 is 55.9 Å². The third-order valence-corrected chi connectivity index (χ3v) is 7.23. The molecule has 0 saturated carbocycles. The van der Waals surface area contributed by atoms with Gasteiger partial charge in [0.25, 0.3) is 5.91 Å². The van der Waals surface area contributed by atoms with Gasteiger partial charge in [-0.3, -0.25) is 9.59 Å². The molecule has 2 aromatic heterocycles. The summed E-state index contributed by atoms with van der Waals surface area (Å²) in [6.07, 6.45) is 0.472. The zero-order chi connectivity index (χ0) is 24.7. The number of fused-ring (bicyclic) bond motifs is 4. The number of nitrogens with one attached hydrogen (secondary N) is 1. The molecule has 8 nitrogen and oxygen atoms in total. The highest BCUT2D eigenvalue weighted by Crippen LogP contribution is 2.38. The molecule has 1 N–H and O–H groups in total. The SMILES string of the molecule is CCOC(=O)c1c(NC(=O)c2cc3c(ccc4ccccc43)oc2=O)sc2c1CCN(C(C)=O)C2. The molecule has 2 amide bonds. The normalized spacial score (nSPS) is 13.0. The summed E-state index contributed by atoms with van der Waals surface area (Å²) in [6.45, 7) is 4.20. The van der Waals surface area contributed by atoms with E-state index in [2.05, 4.69) is 5.32 Å². The Morgan fingerprint density at radius 2 is 1.94 bits per heavy atom. The largest absolute Gasteiger partial charge is 0.462 e. The summed E-state index contributed by atoms with van der Waals surface area (Å²) in [7, 11) is 0. The van der Waals surface area contributed by atoms with Crippen LogP contribution in [0.1, 0.15) is 45.0 Å². The number of thiophene rings is 1. The lowest BCUT2D eigenvalue weighted by Gasteiger charge is -2.25. The van der Waals surface area contributed by atoms with E-state index in [0.29, 0.717) is 35.5 Å². The highest BCUT2D eigenvalue weighted by atomic mass is 32.1. The van der Waals surface area contributed by atoms with Gasteiger partial charge in [0.1, 0.15) is 16.1 Å². The number of benzene rings is 2. The molecule has 0 fully saturated rings. The predicted octanol–water partition coefficient (Wildman–Crippen LogP) is 4.34. The van der Waals surface area contributed by atoms with Gasteiger partial charge in [-0.15, -0.1) is 11.3 Å². The second-order valence-corrected chi connectivity index (χ2v) is 9.32. The first-order valence-corrected chi connectivity index (χ1v) is 12.0. The van der Waals surface area contributed by atoms with Crippen LogP contribution in [0.3, 0.4) is 0 Å². The Hall–Kier alpha value is -3.98. The van der Waals surface area contributed by atoms with E-state index in [9.17, 15) is 19.2 Å². The number of anilines is 1. The van der Waals surface area contributed by atoms with E-state index in [1.54, 1.807) is 17.9 Å². The van der Waals surface area contributed by atoms with Gasteiger partial charge in [-0.1, -0.05) is 30.3 Å². The quantitative estimate of drug-likeness (QED) is 0.259. The van der Waals surface area contributed by atoms with Crippen LogP contribution in [-0.2, 0) is 22.5 Å². The van der Waals surface area contributed by atoms with E-state index in [4.69, 9.17) is 9.15 Å². The predicted molar refractivity (Wildman–Crippen MR) is 133 cm³/mol. The Labute approximate surface area is 204 Å². The minimum Gasteiger partial charge on any atom is -0.462 e. The lowest BCUT2D eigenvalue weighted by molar-refractivity contribution is -0.129. The van der Waals surface area contributed by atoms with Crippen LogP contribution >= 0.6 is 11.3 Å². The van der Waals surface area contributed by atoms with Gasteiger partial charge in [-0.2, -0.15) is 0 Å². The first-order chi connectivity index (χ1) is 16.9. The summed E-state index contributed by atoms with van der Waals surface area (Å²) in [5.41, 5.74) is 0.484. The molecule has 0 unspecified atom stereocenters. The van der Waals surface area contributed by atoms with E-state index in [1.807, 2.05) is 30.3 Å². The Morgan fingerprint density at radius 1 is 1.14 bits per heavy atom. The van der Waals surface area contributed by atoms with Gasteiger partial charge in [0.15, 0.2) is 0 Å². The highest BCUT2D eigenvalue weighted by molar-refractivity contribution is 7.17. The number of carbonyl (C=O) groups is 3. The number of amides is 2. The second-order valence-electron chi connectivity index (χ2n) is 8.22. The van der Waals surface area contributed by atoms with Crippen LogP contribution in [0.15, 0.2) is 51.7 Å². The molecular weight excluding hydrogens is 468 g/mol. The van der Waals surface area contributed by atoms with Crippen molar-refractivity contribution in [3.63, 3.8) is 0 Å². The van der Waals surface area contributed by atoms with Crippen molar-refractivity contribution in [3.05, 3.63) is 74.5 Å². The Kier molecular flexibility index (Phi) is 5.86. The van der Waals surface area contributed by atoms with Crippen molar-refractivity contribution < 1.29 is 23.5 Å². The fraction of sp³-hybridized carbons (Fsp3) is 0.231. The number of hydrogen-bond donors (Lipinski definition) is 1. The van der Waals surface area contributed by atoms with Crippen molar-refractivity contribution in [2.45, 2.75) is 26.8 Å². The van der Waals surface area contributed by atoms with Crippen LogP contribution in [-0.4, -0.2) is 35.8 Å². The fourth-order valence-corrected chi connectivity index (χ4v) is 5.63. The minimum absolute atomic E-state index is 0.0617. The molecule has 3 heterocycles. The van der Waals surface area contributed by atoms with E-state index < -0.39 is 17.5 Å². The third kappa shape index (κ3) is 4.08. The molecule has 4 aromatic rings. The molecule has 5 rings (SSSR count). The van der Waals surface area contributed by atoms with Crippen LogP contribution in [0.2, 0.25) is 0 Å². The van der Waals surface area contributed by atoms with Crippen molar-refractivity contribution in [2.24, 2.45) is 0 Å². The first-order valence-electron chi connectivity index (χ1n) is 11.2. The summed E-state index contributed by atoms with van der Waals surface area (Å²) in [4.78, 5) is 53.1. The van der Waals surface area contributed by atoms with Crippen molar-refractivity contribution in [2.75, 3.05) is 18.5 Å². The van der Waals surface area contributed by atoms with Gasteiger partial charge in [0.2, 0.25) is 5.91 Å². The molecule has 1 aliphatic rings. The van der Waals surface area contributed by atoms with E-state index in [0.717, 1.165) is 21.2 Å². The molecule has 0 saturated heterocycles. The van der Waals surface area contributed by atoms with E-state index >= 15 is 0 Å². The second kappa shape index (κ2) is 8.99. The molecule has 0 spiro atoms. The number of nitrogens with zero attached hydrogens (tertiary/aromatic N) is 1. The van der Waals surface area contributed by atoms with Gasteiger partial charge in [-0.05, 0) is 41.8 Å².